The highest BCUT2D eigenvalue weighted by atomic mass is 32.2. The SMILES string of the molecule is O=C(COc1ccccc1)Nc1nnc(SC/C=C/c2ccccc2)s1. The van der Waals surface area contributed by atoms with Crippen LogP contribution in [0.4, 0.5) is 5.13 Å². The molecule has 0 aliphatic rings. The Balaban J connectivity index is 1.41. The van der Waals surface area contributed by atoms with Gasteiger partial charge in [-0.1, -0.05) is 83.8 Å². The number of aromatic nitrogens is 2. The lowest BCUT2D eigenvalue weighted by Crippen LogP contribution is -2.20. The largest absolute Gasteiger partial charge is 0.484 e. The second-order valence-electron chi connectivity index (χ2n) is 5.15. The average molecular weight is 383 g/mol. The quantitative estimate of drug-likeness (QED) is 0.462. The predicted molar refractivity (Wildman–Crippen MR) is 107 cm³/mol. The first-order valence-electron chi connectivity index (χ1n) is 7.95. The van der Waals surface area contributed by atoms with E-state index < -0.39 is 0 Å². The Labute approximate surface area is 160 Å². The zero-order valence-electron chi connectivity index (χ0n) is 13.9. The first-order chi connectivity index (χ1) is 12.8. The average Bonchev–Trinajstić information content (AvgIpc) is 3.12. The molecule has 5 nitrogen and oxygen atoms in total. The van der Waals surface area contributed by atoms with Crippen LogP contribution < -0.4 is 10.1 Å². The molecule has 0 fully saturated rings. The van der Waals surface area contributed by atoms with Crippen LogP contribution in [-0.4, -0.2) is 28.5 Å². The van der Waals surface area contributed by atoms with Crippen molar-refractivity contribution in [2.75, 3.05) is 17.7 Å². The summed E-state index contributed by atoms with van der Waals surface area (Å²) in [5.74, 6) is 1.18. The molecule has 0 atom stereocenters. The number of nitrogens with one attached hydrogen (secondary N) is 1. The lowest BCUT2D eigenvalue weighted by molar-refractivity contribution is -0.118. The van der Waals surface area contributed by atoms with Gasteiger partial charge in [-0.25, -0.2) is 0 Å². The molecule has 0 radical (unpaired) electrons. The summed E-state index contributed by atoms with van der Waals surface area (Å²) in [6, 6.07) is 19.3. The molecule has 2 aromatic carbocycles. The van der Waals surface area contributed by atoms with Gasteiger partial charge in [0.1, 0.15) is 5.75 Å². The van der Waals surface area contributed by atoms with E-state index in [4.69, 9.17) is 4.74 Å². The van der Waals surface area contributed by atoms with Gasteiger partial charge in [-0.05, 0) is 17.7 Å². The van der Waals surface area contributed by atoms with E-state index in [0.29, 0.717) is 10.9 Å². The molecule has 0 saturated carbocycles. The molecule has 0 spiro atoms. The molecule has 1 aromatic heterocycles. The van der Waals surface area contributed by atoms with Crippen LogP contribution >= 0.6 is 23.1 Å². The summed E-state index contributed by atoms with van der Waals surface area (Å²) < 4.78 is 6.21. The van der Waals surface area contributed by atoms with E-state index in [1.807, 2.05) is 36.4 Å². The molecule has 0 aliphatic carbocycles. The third-order valence-corrected chi connectivity index (χ3v) is 5.10. The number of thioether (sulfide) groups is 1. The minimum atomic E-state index is -0.259. The van der Waals surface area contributed by atoms with E-state index in [-0.39, 0.29) is 12.5 Å². The number of amides is 1. The molecule has 0 saturated heterocycles. The number of anilines is 1. The van der Waals surface area contributed by atoms with Crippen LogP contribution in [0.2, 0.25) is 0 Å². The van der Waals surface area contributed by atoms with Crippen molar-refractivity contribution < 1.29 is 9.53 Å². The van der Waals surface area contributed by atoms with Crippen molar-refractivity contribution in [2.45, 2.75) is 4.34 Å². The van der Waals surface area contributed by atoms with Crippen molar-refractivity contribution in [3.63, 3.8) is 0 Å². The molecule has 7 heteroatoms. The Bertz CT molecular complexity index is 851. The number of hydrogen-bond donors (Lipinski definition) is 1. The zero-order chi connectivity index (χ0) is 18.0. The maximum atomic E-state index is 11.9. The van der Waals surface area contributed by atoms with Crippen LogP contribution in [-0.2, 0) is 4.79 Å². The van der Waals surface area contributed by atoms with Crippen LogP contribution in [0.25, 0.3) is 6.08 Å². The second kappa shape index (κ2) is 9.74. The number of nitrogens with zero attached hydrogens (tertiary/aromatic N) is 2. The Kier molecular flexibility index (Phi) is 6.80. The number of hydrogen-bond acceptors (Lipinski definition) is 6. The molecule has 1 heterocycles. The number of benzene rings is 2. The standard InChI is InChI=1S/C19H17N3O2S2/c23-17(14-24-16-11-5-2-6-12-16)20-18-21-22-19(26-18)25-13-7-10-15-8-3-1-4-9-15/h1-12H,13-14H2,(H,20,21,23)/b10-7+. The topological polar surface area (TPSA) is 64.1 Å². The van der Waals surface area contributed by atoms with Crippen molar-refractivity contribution in [1.82, 2.24) is 10.2 Å². The highest BCUT2D eigenvalue weighted by Crippen LogP contribution is 2.25. The first-order valence-corrected chi connectivity index (χ1v) is 9.75. The van der Waals surface area contributed by atoms with Crippen molar-refractivity contribution in [1.29, 1.82) is 0 Å². The van der Waals surface area contributed by atoms with Gasteiger partial charge >= 0.3 is 0 Å². The summed E-state index contributed by atoms with van der Waals surface area (Å²) in [6.45, 7) is -0.0636. The van der Waals surface area contributed by atoms with Crippen LogP contribution in [0.15, 0.2) is 71.1 Å². The van der Waals surface area contributed by atoms with E-state index in [9.17, 15) is 4.79 Å². The van der Waals surface area contributed by atoms with Crippen molar-refractivity contribution in [3.05, 3.63) is 72.3 Å². The van der Waals surface area contributed by atoms with Gasteiger partial charge < -0.3 is 4.74 Å². The molecular weight excluding hydrogens is 366 g/mol. The van der Waals surface area contributed by atoms with E-state index in [2.05, 4.69) is 39.8 Å². The molecular formula is C19H17N3O2S2. The summed E-state index contributed by atoms with van der Waals surface area (Å²) in [5.41, 5.74) is 1.16. The molecule has 26 heavy (non-hydrogen) atoms. The predicted octanol–water partition coefficient (Wildman–Crippen LogP) is 4.36. The summed E-state index contributed by atoms with van der Waals surface area (Å²) in [7, 11) is 0. The van der Waals surface area contributed by atoms with Crippen LogP contribution in [0.3, 0.4) is 0 Å². The van der Waals surface area contributed by atoms with Crippen molar-refractivity contribution in [2.24, 2.45) is 0 Å². The lowest BCUT2D eigenvalue weighted by Gasteiger charge is -2.04. The van der Waals surface area contributed by atoms with Crippen LogP contribution in [0.5, 0.6) is 5.75 Å². The molecule has 0 bridgehead atoms. The highest BCUT2D eigenvalue weighted by Gasteiger charge is 2.09. The van der Waals surface area contributed by atoms with E-state index in [1.165, 1.54) is 11.3 Å². The Morgan fingerprint density at radius 1 is 1.08 bits per heavy atom. The summed E-state index contributed by atoms with van der Waals surface area (Å²) in [4.78, 5) is 11.9. The van der Waals surface area contributed by atoms with Gasteiger partial charge in [0.05, 0.1) is 0 Å². The fraction of sp³-hybridized carbons (Fsp3) is 0.105. The Morgan fingerprint density at radius 2 is 1.81 bits per heavy atom. The fourth-order valence-corrected chi connectivity index (χ4v) is 3.61. The Morgan fingerprint density at radius 3 is 2.58 bits per heavy atom. The van der Waals surface area contributed by atoms with Crippen LogP contribution in [0.1, 0.15) is 5.56 Å². The van der Waals surface area contributed by atoms with Crippen molar-refractivity contribution in [3.8, 4) is 5.75 Å². The van der Waals surface area contributed by atoms with E-state index >= 15 is 0 Å². The van der Waals surface area contributed by atoms with Gasteiger partial charge in [0.15, 0.2) is 10.9 Å². The van der Waals surface area contributed by atoms with Gasteiger partial charge in [0.25, 0.3) is 5.91 Å². The molecule has 3 rings (SSSR count). The Hall–Kier alpha value is -2.64. The zero-order valence-corrected chi connectivity index (χ0v) is 15.5. The van der Waals surface area contributed by atoms with Gasteiger partial charge in [-0.15, -0.1) is 10.2 Å². The summed E-state index contributed by atoms with van der Waals surface area (Å²) in [6.07, 6.45) is 4.14. The number of para-hydroxylation sites is 1. The molecule has 1 N–H and O–H groups in total. The first kappa shape index (κ1) is 18.2. The summed E-state index contributed by atoms with van der Waals surface area (Å²) in [5, 5.41) is 11.2. The van der Waals surface area contributed by atoms with Gasteiger partial charge in [-0.2, -0.15) is 0 Å². The molecule has 0 unspecified atom stereocenters. The van der Waals surface area contributed by atoms with Crippen molar-refractivity contribution >= 4 is 40.2 Å². The maximum Gasteiger partial charge on any atom is 0.264 e. The number of ether oxygens (including phenoxy) is 1. The third-order valence-electron chi connectivity index (χ3n) is 3.18. The van der Waals surface area contributed by atoms with E-state index in [1.54, 1.807) is 23.9 Å². The molecule has 132 valence electrons. The lowest BCUT2D eigenvalue weighted by atomic mass is 10.2. The van der Waals surface area contributed by atoms with Gasteiger partial charge in [0, 0.05) is 5.75 Å². The monoisotopic (exact) mass is 383 g/mol. The third kappa shape index (κ3) is 6.02. The summed E-state index contributed by atoms with van der Waals surface area (Å²) >= 11 is 2.92. The minimum absolute atomic E-state index is 0.0636. The van der Waals surface area contributed by atoms with E-state index in [0.717, 1.165) is 15.7 Å². The van der Waals surface area contributed by atoms with Gasteiger partial charge in [0.2, 0.25) is 5.13 Å². The number of rotatable bonds is 8. The minimum Gasteiger partial charge on any atom is -0.484 e. The molecule has 1 amide bonds. The normalized spacial score (nSPS) is 10.8. The molecule has 0 aliphatic heterocycles. The van der Waals surface area contributed by atoms with Gasteiger partial charge in [-0.3, -0.25) is 10.1 Å². The second-order valence-corrected chi connectivity index (χ2v) is 7.39. The number of carbonyl (C=O) groups excluding carboxylic acids is 1. The molecule has 3 aromatic rings. The van der Waals surface area contributed by atoms with Crippen LogP contribution in [0, 0.1) is 0 Å². The smallest absolute Gasteiger partial charge is 0.264 e. The maximum absolute atomic E-state index is 11.9. The fourth-order valence-electron chi connectivity index (χ4n) is 2.01. The number of carbonyl (C=O) groups is 1. The highest BCUT2D eigenvalue weighted by molar-refractivity contribution is 8.01.